The Morgan fingerprint density at radius 2 is 1.50 bits per heavy atom. The van der Waals surface area contributed by atoms with Crippen LogP contribution in [0.2, 0.25) is 0 Å². The molecule has 8 heteroatoms. The van der Waals surface area contributed by atoms with E-state index in [2.05, 4.69) is 10.3 Å². The molecule has 0 aliphatic rings. The van der Waals surface area contributed by atoms with Crippen molar-refractivity contribution in [3.8, 4) is 0 Å². The molecule has 1 aromatic carbocycles. The van der Waals surface area contributed by atoms with E-state index >= 15 is 0 Å². The molecular weight excluding hydrogens is 334 g/mol. The second kappa shape index (κ2) is 13.2. The molecule has 0 saturated carbocycles. The number of amidine groups is 1. The Balaban J connectivity index is -0.000000245. The van der Waals surface area contributed by atoms with Crippen molar-refractivity contribution in [3.63, 3.8) is 0 Å². The van der Waals surface area contributed by atoms with Crippen molar-refractivity contribution in [3.05, 3.63) is 35.4 Å². The fraction of sp³-hybridized carbons (Fsp3) is 0.200. The van der Waals surface area contributed by atoms with Gasteiger partial charge in [0, 0.05) is 41.4 Å². The maximum atomic E-state index is 10.6. The van der Waals surface area contributed by atoms with E-state index in [0.717, 1.165) is 11.4 Å². The number of rotatable bonds is 2. The molecule has 0 radical (unpaired) electrons. The van der Waals surface area contributed by atoms with Crippen LogP contribution in [-0.2, 0) is 21.7 Å². The smallest absolute Gasteiger partial charge is 0.335 e. The predicted octanol–water partition coefficient (Wildman–Crippen LogP) is 2.24. The predicted molar refractivity (Wildman–Crippen MR) is 76.7 cm³/mol. The summed E-state index contributed by atoms with van der Waals surface area (Å²) in [6, 6.07) is 6.56. The molecule has 0 aliphatic heterocycles. The van der Waals surface area contributed by atoms with Crippen LogP contribution in [0.1, 0.15) is 15.9 Å². The summed E-state index contributed by atoms with van der Waals surface area (Å²) in [6.45, 7) is 0. The first-order valence-electron chi connectivity index (χ1n) is 4.17. The molecule has 0 bridgehead atoms. The van der Waals surface area contributed by atoms with E-state index in [1.165, 1.54) is 0 Å². The van der Waals surface area contributed by atoms with E-state index in [9.17, 15) is 4.79 Å². The summed E-state index contributed by atoms with van der Waals surface area (Å²) in [7, 11) is 3.45. The van der Waals surface area contributed by atoms with Crippen LogP contribution in [0.4, 0.5) is 0 Å². The number of hydrogen-bond acceptors (Lipinski definition) is 2. The zero-order chi connectivity index (χ0) is 10.6. The van der Waals surface area contributed by atoms with Gasteiger partial charge in [-0.2, -0.15) is 0 Å². The van der Waals surface area contributed by atoms with E-state index in [-0.39, 0.29) is 64.5 Å². The topological polar surface area (TPSA) is 61.7 Å². The molecule has 0 fully saturated rings. The molecule has 4 nitrogen and oxygen atoms in total. The Labute approximate surface area is 140 Å². The third-order valence-corrected chi connectivity index (χ3v) is 1.87. The molecule has 102 valence electrons. The quantitative estimate of drug-likeness (QED) is 0.489. The van der Waals surface area contributed by atoms with Crippen molar-refractivity contribution >= 4 is 49.0 Å². The van der Waals surface area contributed by atoms with Gasteiger partial charge in [0.25, 0.3) is 0 Å². The van der Waals surface area contributed by atoms with Crippen LogP contribution >= 0.6 is 37.2 Å². The van der Waals surface area contributed by atoms with Gasteiger partial charge in [0.1, 0.15) is 5.84 Å². The summed E-state index contributed by atoms with van der Waals surface area (Å²) in [5.41, 5.74) is 1.15. The molecular formula is C10H15Cl3N2O2Ti. The van der Waals surface area contributed by atoms with Crippen LogP contribution in [0.15, 0.2) is 29.3 Å². The second-order valence-electron chi connectivity index (χ2n) is 2.70. The number of nitrogens with zero attached hydrogens (tertiary/aromatic N) is 1. The Morgan fingerprint density at radius 3 is 1.78 bits per heavy atom. The van der Waals surface area contributed by atoms with Crippen molar-refractivity contribution in [2.45, 2.75) is 0 Å². The molecule has 1 rings (SSSR count). The molecule has 2 N–H and O–H groups in total. The van der Waals surface area contributed by atoms with E-state index in [0.29, 0.717) is 0 Å². The molecule has 0 atom stereocenters. The van der Waals surface area contributed by atoms with Crippen LogP contribution in [0.3, 0.4) is 0 Å². The molecule has 18 heavy (non-hydrogen) atoms. The van der Waals surface area contributed by atoms with E-state index in [1.54, 1.807) is 38.4 Å². The normalized spacial score (nSPS) is 8.67. The van der Waals surface area contributed by atoms with E-state index < -0.39 is 5.97 Å². The van der Waals surface area contributed by atoms with Gasteiger partial charge in [0.05, 0.1) is 5.56 Å². The third-order valence-electron chi connectivity index (χ3n) is 1.87. The molecule has 1 aromatic rings. The fourth-order valence-electron chi connectivity index (χ4n) is 1.16. The van der Waals surface area contributed by atoms with Crippen molar-refractivity contribution in [2.75, 3.05) is 14.1 Å². The number of aromatic carboxylic acids is 1. The first kappa shape index (κ1) is 26.3. The summed E-state index contributed by atoms with van der Waals surface area (Å²) in [4.78, 5) is 14.6. The average molecular weight is 349 g/mol. The number of nitrogens with one attached hydrogen (secondary N) is 1. The minimum absolute atomic E-state index is 0. The van der Waals surface area contributed by atoms with Crippen molar-refractivity contribution in [1.29, 1.82) is 0 Å². The molecule has 0 aromatic heterocycles. The molecule has 0 amide bonds. The van der Waals surface area contributed by atoms with Gasteiger partial charge >= 0.3 is 5.97 Å². The number of benzene rings is 1. The van der Waals surface area contributed by atoms with Gasteiger partial charge in [0.15, 0.2) is 0 Å². The zero-order valence-corrected chi connectivity index (χ0v) is 13.8. The van der Waals surface area contributed by atoms with Gasteiger partial charge in [-0.05, 0) is 12.1 Å². The SMILES string of the molecule is CN=C(NC)c1ccc(C(=O)O)cc1.Cl.Cl.Cl.[Ti]. The molecule has 0 saturated heterocycles. The third kappa shape index (κ3) is 7.24. The molecule has 0 heterocycles. The van der Waals surface area contributed by atoms with E-state index in [4.69, 9.17) is 5.11 Å². The van der Waals surface area contributed by atoms with Crippen LogP contribution < -0.4 is 5.32 Å². The molecule has 0 unspecified atom stereocenters. The fourth-order valence-corrected chi connectivity index (χ4v) is 1.16. The number of hydrogen-bond donors (Lipinski definition) is 2. The maximum Gasteiger partial charge on any atom is 0.335 e. The first-order chi connectivity index (χ1) is 6.69. The monoisotopic (exact) mass is 348 g/mol. The summed E-state index contributed by atoms with van der Waals surface area (Å²) >= 11 is 0. The number of carboxylic acid groups (broad SMARTS) is 1. The van der Waals surface area contributed by atoms with Crippen LogP contribution in [0.5, 0.6) is 0 Å². The Morgan fingerprint density at radius 1 is 1.11 bits per heavy atom. The Kier molecular flexibility index (Phi) is 19.3. The van der Waals surface area contributed by atoms with E-state index in [1.807, 2.05) is 0 Å². The van der Waals surface area contributed by atoms with Gasteiger partial charge in [0.2, 0.25) is 0 Å². The summed E-state index contributed by atoms with van der Waals surface area (Å²) in [6.07, 6.45) is 0. The zero-order valence-electron chi connectivity index (χ0n) is 9.84. The Bertz CT molecular complexity index is 372. The first-order valence-corrected chi connectivity index (χ1v) is 4.17. The van der Waals surface area contributed by atoms with Crippen molar-refractivity contribution in [1.82, 2.24) is 5.32 Å². The number of carboxylic acids is 1. The van der Waals surface area contributed by atoms with Gasteiger partial charge < -0.3 is 10.4 Å². The van der Waals surface area contributed by atoms with Gasteiger partial charge in [-0.3, -0.25) is 4.99 Å². The minimum Gasteiger partial charge on any atom is -0.478 e. The van der Waals surface area contributed by atoms with Gasteiger partial charge in [-0.1, -0.05) is 12.1 Å². The summed E-state index contributed by atoms with van der Waals surface area (Å²) in [5.74, 6) is -0.182. The number of carbonyl (C=O) groups is 1. The van der Waals surface area contributed by atoms with Crippen LogP contribution in [0.25, 0.3) is 0 Å². The summed E-state index contributed by atoms with van der Waals surface area (Å²) in [5, 5.41) is 11.6. The van der Waals surface area contributed by atoms with Gasteiger partial charge in [-0.15, -0.1) is 37.2 Å². The number of halogens is 3. The minimum atomic E-state index is -0.920. The number of aliphatic imine (C=N–C) groups is 1. The Hall–Kier alpha value is -0.256. The van der Waals surface area contributed by atoms with Crippen molar-refractivity contribution in [2.24, 2.45) is 4.99 Å². The average Bonchev–Trinajstić information content (AvgIpc) is 2.20. The van der Waals surface area contributed by atoms with Crippen molar-refractivity contribution < 1.29 is 31.6 Å². The second-order valence-corrected chi connectivity index (χ2v) is 2.70. The summed E-state index contributed by atoms with van der Waals surface area (Å²) < 4.78 is 0. The largest absolute Gasteiger partial charge is 0.478 e. The molecule has 0 spiro atoms. The van der Waals surface area contributed by atoms with Crippen LogP contribution in [0, 0.1) is 0 Å². The van der Waals surface area contributed by atoms with Crippen LogP contribution in [-0.4, -0.2) is 31.0 Å². The standard InChI is InChI=1S/C10H12N2O2.3ClH.Ti/c1-11-9(12-2)7-3-5-8(6-4-7)10(13)14;;;;/h3-6H,1-2H3,(H,11,12)(H,13,14);3*1H;. The maximum absolute atomic E-state index is 10.6. The molecule has 0 aliphatic carbocycles. The van der Waals surface area contributed by atoms with Gasteiger partial charge in [-0.25, -0.2) is 4.79 Å².